The molecule has 0 radical (unpaired) electrons. The molecular formula is C21H25N3O4. The fraction of sp³-hybridized carbons (Fsp3) is 0.381. The van der Waals surface area contributed by atoms with Crippen LogP contribution in [0.15, 0.2) is 40.3 Å². The number of oxime groups is 1. The van der Waals surface area contributed by atoms with Crippen molar-refractivity contribution >= 4 is 11.6 Å². The van der Waals surface area contributed by atoms with E-state index in [0.717, 1.165) is 16.7 Å². The third kappa shape index (κ3) is 3.45. The van der Waals surface area contributed by atoms with Gasteiger partial charge in [-0.1, -0.05) is 23.4 Å². The van der Waals surface area contributed by atoms with Gasteiger partial charge in [-0.3, -0.25) is 9.59 Å². The van der Waals surface area contributed by atoms with Gasteiger partial charge in [0.1, 0.15) is 12.8 Å². The number of amides is 1. The van der Waals surface area contributed by atoms with Gasteiger partial charge in [0.25, 0.3) is 11.5 Å². The third-order valence-electron chi connectivity index (χ3n) is 5.38. The van der Waals surface area contributed by atoms with Crippen LogP contribution in [0.1, 0.15) is 28.0 Å². The van der Waals surface area contributed by atoms with E-state index < -0.39 is 0 Å². The molecule has 0 saturated carbocycles. The Morgan fingerprint density at radius 3 is 2.68 bits per heavy atom. The summed E-state index contributed by atoms with van der Waals surface area (Å²) in [4.78, 5) is 32.4. The predicted octanol–water partition coefficient (Wildman–Crippen LogP) is 1.88. The van der Waals surface area contributed by atoms with Crippen molar-refractivity contribution in [2.75, 3.05) is 20.3 Å². The molecule has 0 bridgehead atoms. The van der Waals surface area contributed by atoms with Crippen LogP contribution in [0, 0.1) is 13.8 Å². The summed E-state index contributed by atoms with van der Waals surface area (Å²) in [5, 5.41) is 13.5. The molecule has 1 saturated heterocycles. The van der Waals surface area contributed by atoms with E-state index in [9.17, 15) is 14.7 Å². The van der Waals surface area contributed by atoms with Crippen molar-refractivity contribution in [1.82, 2.24) is 9.47 Å². The minimum absolute atomic E-state index is 0.178. The summed E-state index contributed by atoms with van der Waals surface area (Å²) >= 11 is 0. The number of carbonyl (C=O) groups excluding carboxylic acids is 1. The molecule has 1 amide bonds. The molecule has 7 heteroatoms. The molecule has 0 aliphatic carbocycles. The smallest absolute Gasteiger partial charge is 0.271 e. The second-order valence-electron chi connectivity index (χ2n) is 7.06. The van der Waals surface area contributed by atoms with Crippen molar-refractivity contribution in [2.45, 2.75) is 26.3 Å². The highest BCUT2D eigenvalue weighted by Gasteiger charge is 2.34. The van der Waals surface area contributed by atoms with Gasteiger partial charge in [-0.15, -0.1) is 0 Å². The number of carbonyl (C=O) groups is 1. The number of pyridine rings is 1. The largest absolute Gasteiger partial charge is 0.399 e. The molecule has 1 atom stereocenters. The molecule has 1 fully saturated rings. The Hall–Kier alpha value is -2.93. The highest BCUT2D eigenvalue weighted by atomic mass is 16.6. The zero-order valence-electron chi connectivity index (χ0n) is 16.6. The van der Waals surface area contributed by atoms with Crippen molar-refractivity contribution in [2.24, 2.45) is 12.2 Å². The van der Waals surface area contributed by atoms with E-state index in [1.54, 1.807) is 19.2 Å². The number of aryl methyl sites for hydroxylation is 1. The molecule has 1 aliphatic rings. The van der Waals surface area contributed by atoms with Crippen molar-refractivity contribution in [1.29, 1.82) is 0 Å². The lowest BCUT2D eigenvalue weighted by Gasteiger charge is -2.23. The fourth-order valence-electron chi connectivity index (χ4n) is 3.61. The minimum atomic E-state index is -0.379. The van der Waals surface area contributed by atoms with E-state index in [4.69, 9.17) is 4.84 Å². The van der Waals surface area contributed by atoms with Gasteiger partial charge in [0, 0.05) is 19.0 Å². The number of likely N-dealkylation sites (tertiary alicyclic amines) is 1. The van der Waals surface area contributed by atoms with E-state index in [1.807, 2.05) is 32.0 Å². The van der Waals surface area contributed by atoms with E-state index in [1.165, 1.54) is 16.6 Å². The van der Waals surface area contributed by atoms with Crippen LogP contribution in [0.2, 0.25) is 0 Å². The maximum absolute atomic E-state index is 13.1. The summed E-state index contributed by atoms with van der Waals surface area (Å²) in [6.07, 6.45) is 0.449. The molecule has 28 heavy (non-hydrogen) atoms. The lowest BCUT2D eigenvalue weighted by atomic mass is 9.98. The second-order valence-corrected chi connectivity index (χ2v) is 7.06. The zero-order valence-corrected chi connectivity index (χ0v) is 16.6. The van der Waals surface area contributed by atoms with Gasteiger partial charge in [-0.2, -0.15) is 0 Å². The SMILES string of the molecule is CO/N=C1/C[C@@H](CO)N(C(=O)c2ccc(-c3cccc(C)c3C)c(=O)n2C)C1. The van der Waals surface area contributed by atoms with Crippen LogP contribution in [0.25, 0.3) is 11.1 Å². The number of aromatic nitrogens is 1. The topological polar surface area (TPSA) is 84.1 Å². The van der Waals surface area contributed by atoms with Crippen molar-refractivity contribution < 1.29 is 14.7 Å². The van der Waals surface area contributed by atoms with Gasteiger partial charge < -0.3 is 19.4 Å². The van der Waals surface area contributed by atoms with Crippen LogP contribution in [-0.4, -0.2) is 52.5 Å². The highest BCUT2D eigenvalue weighted by Crippen LogP contribution is 2.24. The third-order valence-corrected chi connectivity index (χ3v) is 5.38. The molecule has 3 rings (SSSR count). The van der Waals surface area contributed by atoms with E-state index >= 15 is 0 Å². The molecule has 2 aromatic rings. The molecule has 0 unspecified atom stereocenters. The Bertz CT molecular complexity index is 994. The number of aliphatic hydroxyl groups is 1. The Kier molecular flexibility index (Phi) is 5.65. The Morgan fingerprint density at radius 1 is 1.25 bits per heavy atom. The normalized spacial score (nSPS) is 18.0. The first kappa shape index (κ1) is 19.8. The number of aliphatic hydroxyl groups excluding tert-OH is 1. The molecule has 1 N–H and O–H groups in total. The zero-order chi connectivity index (χ0) is 20.4. The molecule has 1 aromatic heterocycles. The van der Waals surface area contributed by atoms with Crippen LogP contribution < -0.4 is 5.56 Å². The predicted molar refractivity (Wildman–Crippen MR) is 108 cm³/mol. The molecule has 0 spiro atoms. The lowest BCUT2D eigenvalue weighted by Crippen LogP contribution is -2.40. The standard InChI is InChI=1S/C21H25N3O4/c1-13-6-5-7-17(14(13)2)18-8-9-19(23(3)20(18)26)21(27)24-11-15(22-28-4)10-16(24)12-25/h5-9,16,25H,10-12H2,1-4H3/b22-15-/t16-/m0/s1. The first-order chi connectivity index (χ1) is 13.4. The van der Waals surface area contributed by atoms with E-state index in [2.05, 4.69) is 5.16 Å². The van der Waals surface area contributed by atoms with Crippen LogP contribution >= 0.6 is 0 Å². The highest BCUT2D eigenvalue weighted by molar-refractivity contribution is 5.99. The van der Waals surface area contributed by atoms with Gasteiger partial charge in [0.15, 0.2) is 0 Å². The summed E-state index contributed by atoms with van der Waals surface area (Å²) in [6, 6.07) is 8.82. The van der Waals surface area contributed by atoms with Crippen molar-refractivity contribution in [3.05, 3.63) is 57.5 Å². The summed E-state index contributed by atoms with van der Waals surface area (Å²) in [5.41, 5.74) is 4.30. The number of hydrogen-bond acceptors (Lipinski definition) is 5. The van der Waals surface area contributed by atoms with Crippen molar-refractivity contribution in [3.63, 3.8) is 0 Å². The van der Waals surface area contributed by atoms with Gasteiger partial charge in [0.05, 0.1) is 24.9 Å². The maximum Gasteiger partial charge on any atom is 0.271 e. The molecule has 7 nitrogen and oxygen atoms in total. The van der Waals surface area contributed by atoms with Crippen LogP contribution in [0.4, 0.5) is 0 Å². The van der Waals surface area contributed by atoms with Gasteiger partial charge >= 0.3 is 0 Å². The average Bonchev–Trinajstić information content (AvgIpc) is 3.09. The lowest BCUT2D eigenvalue weighted by molar-refractivity contribution is 0.0669. The van der Waals surface area contributed by atoms with Gasteiger partial charge in [-0.05, 0) is 42.7 Å². The number of hydrogen-bond donors (Lipinski definition) is 1. The molecule has 1 aliphatic heterocycles. The van der Waals surface area contributed by atoms with Crippen LogP contribution in [-0.2, 0) is 11.9 Å². The van der Waals surface area contributed by atoms with Gasteiger partial charge in [-0.25, -0.2) is 0 Å². The number of nitrogens with zero attached hydrogens (tertiary/aromatic N) is 3. The summed E-state index contributed by atoms with van der Waals surface area (Å²) in [5.74, 6) is -0.313. The van der Waals surface area contributed by atoms with Gasteiger partial charge in [0.2, 0.25) is 0 Å². The van der Waals surface area contributed by atoms with E-state index in [0.29, 0.717) is 17.7 Å². The summed E-state index contributed by atoms with van der Waals surface area (Å²) in [7, 11) is 3.04. The monoisotopic (exact) mass is 383 g/mol. The fourth-order valence-corrected chi connectivity index (χ4v) is 3.61. The van der Waals surface area contributed by atoms with E-state index in [-0.39, 0.29) is 36.4 Å². The summed E-state index contributed by atoms with van der Waals surface area (Å²) in [6.45, 7) is 4.08. The Labute approximate surface area is 163 Å². The minimum Gasteiger partial charge on any atom is -0.399 e. The molecule has 1 aromatic carbocycles. The number of benzene rings is 1. The molecular weight excluding hydrogens is 358 g/mol. The first-order valence-electron chi connectivity index (χ1n) is 9.16. The molecule has 148 valence electrons. The average molecular weight is 383 g/mol. The quantitative estimate of drug-likeness (QED) is 0.817. The Morgan fingerprint density at radius 2 is 2.00 bits per heavy atom. The number of rotatable bonds is 4. The Balaban J connectivity index is 1.99. The van der Waals surface area contributed by atoms with Crippen LogP contribution in [0.5, 0.6) is 0 Å². The second kappa shape index (κ2) is 7.98. The van der Waals surface area contributed by atoms with Crippen molar-refractivity contribution in [3.8, 4) is 11.1 Å². The molecule has 2 heterocycles. The maximum atomic E-state index is 13.1. The first-order valence-corrected chi connectivity index (χ1v) is 9.16. The van der Waals surface area contributed by atoms with Crippen LogP contribution in [0.3, 0.4) is 0 Å². The summed E-state index contributed by atoms with van der Waals surface area (Å²) < 4.78 is 1.37.